The van der Waals surface area contributed by atoms with E-state index in [0.717, 1.165) is 0 Å². The zero-order valence-electron chi connectivity index (χ0n) is 18.9. The maximum absolute atomic E-state index is 12.0. The van der Waals surface area contributed by atoms with E-state index in [9.17, 15) is 14.4 Å². The van der Waals surface area contributed by atoms with Gasteiger partial charge in [-0.15, -0.1) is 0 Å². The van der Waals surface area contributed by atoms with Crippen LogP contribution in [0.2, 0.25) is 0 Å². The van der Waals surface area contributed by atoms with Gasteiger partial charge in [-0.1, -0.05) is 0 Å². The van der Waals surface area contributed by atoms with E-state index in [1.165, 1.54) is 0 Å². The van der Waals surface area contributed by atoms with E-state index in [4.69, 9.17) is 9.47 Å². The maximum Gasteiger partial charge on any atom is 0.417 e. The number of nitrogens with zero attached hydrogens (tertiary/aromatic N) is 4. The van der Waals surface area contributed by atoms with Crippen molar-refractivity contribution in [3.63, 3.8) is 0 Å². The largest absolute Gasteiger partial charge is 0.481 e. The Morgan fingerprint density at radius 1 is 0.909 bits per heavy atom. The van der Waals surface area contributed by atoms with Crippen LogP contribution in [0.1, 0.15) is 31.3 Å². The van der Waals surface area contributed by atoms with Gasteiger partial charge in [-0.3, -0.25) is 0 Å². The van der Waals surface area contributed by atoms with E-state index in [0.29, 0.717) is 24.0 Å². The van der Waals surface area contributed by atoms with E-state index in [1.54, 1.807) is 50.9 Å². The summed E-state index contributed by atoms with van der Waals surface area (Å²) in [5, 5.41) is 4.35. The number of ether oxygens (including phenoxy) is 4. The molecule has 0 atom stereocenters. The number of carbonyl (C=O) groups is 3. The molecule has 0 N–H and O–H groups in total. The van der Waals surface area contributed by atoms with Crippen LogP contribution in [-0.4, -0.2) is 64.2 Å². The third kappa shape index (κ3) is 6.92. The van der Waals surface area contributed by atoms with Crippen molar-refractivity contribution in [3.8, 4) is 17.4 Å². The molecule has 0 fully saturated rings. The molecule has 0 radical (unpaired) electrons. The Labute approximate surface area is 190 Å². The minimum Gasteiger partial charge on any atom is -0.481 e. The summed E-state index contributed by atoms with van der Waals surface area (Å²) in [4.78, 5) is 37.0. The highest BCUT2D eigenvalue weighted by atomic mass is 16.6. The highest BCUT2D eigenvalue weighted by molar-refractivity contribution is 6.29. The van der Waals surface area contributed by atoms with Crippen molar-refractivity contribution < 1.29 is 33.3 Å². The van der Waals surface area contributed by atoms with Crippen molar-refractivity contribution in [1.82, 2.24) is 19.3 Å². The van der Waals surface area contributed by atoms with E-state index < -0.39 is 17.9 Å². The monoisotopic (exact) mass is 458 g/mol. The highest BCUT2D eigenvalue weighted by Gasteiger charge is 2.17. The van der Waals surface area contributed by atoms with E-state index in [1.807, 2.05) is 35.2 Å². The van der Waals surface area contributed by atoms with E-state index in [-0.39, 0.29) is 18.9 Å². The molecular formula is C22H26N4O7. The molecule has 0 aliphatic rings. The van der Waals surface area contributed by atoms with Gasteiger partial charge in [0.25, 0.3) is 0 Å². The number of hydrogen-bond acceptors (Lipinski definition) is 9. The number of pyridine rings is 1. The van der Waals surface area contributed by atoms with Crippen molar-refractivity contribution in [3.05, 3.63) is 54.6 Å². The first-order valence-electron chi connectivity index (χ1n) is 10.2. The summed E-state index contributed by atoms with van der Waals surface area (Å²) >= 11 is 0. The van der Waals surface area contributed by atoms with Crippen molar-refractivity contribution in [2.24, 2.45) is 0 Å². The van der Waals surface area contributed by atoms with Crippen LogP contribution < -0.4 is 4.74 Å². The van der Waals surface area contributed by atoms with Gasteiger partial charge >= 0.3 is 17.9 Å². The van der Waals surface area contributed by atoms with E-state index in [2.05, 4.69) is 19.6 Å². The molecule has 0 unspecified atom stereocenters. The number of aromatic nitrogens is 4. The molecule has 0 bridgehead atoms. The molecule has 0 amide bonds. The summed E-state index contributed by atoms with van der Waals surface area (Å²) in [5.74, 6) is -1.09. The predicted octanol–water partition coefficient (Wildman–Crippen LogP) is 2.36. The van der Waals surface area contributed by atoms with Crippen LogP contribution in [0.5, 0.6) is 5.88 Å². The highest BCUT2D eigenvalue weighted by Crippen LogP contribution is 2.18. The van der Waals surface area contributed by atoms with Gasteiger partial charge in [-0.2, -0.15) is 5.10 Å². The minimum absolute atomic E-state index is 0.192. The fraction of sp³-hybridized carbons (Fsp3) is 0.318. The second-order valence-electron chi connectivity index (χ2n) is 6.11. The second-order valence-corrected chi connectivity index (χ2v) is 6.11. The molecule has 3 aromatic heterocycles. The molecule has 0 aliphatic heterocycles. The van der Waals surface area contributed by atoms with Crippen molar-refractivity contribution in [2.75, 3.05) is 26.9 Å². The molecule has 3 rings (SSSR count). The molecule has 33 heavy (non-hydrogen) atoms. The lowest BCUT2D eigenvalue weighted by Crippen LogP contribution is -2.19. The van der Waals surface area contributed by atoms with Gasteiger partial charge in [0.05, 0.1) is 38.8 Å². The molecule has 176 valence electrons. The fourth-order valence-corrected chi connectivity index (χ4v) is 2.54. The Hall–Kier alpha value is -4.15. The van der Waals surface area contributed by atoms with Gasteiger partial charge in [0.1, 0.15) is 5.82 Å². The molecule has 0 aliphatic carbocycles. The summed E-state index contributed by atoms with van der Waals surface area (Å²) in [5.41, 5.74) is 0.955. The zero-order valence-corrected chi connectivity index (χ0v) is 18.9. The third-order valence-corrected chi connectivity index (χ3v) is 3.94. The van der Waals surface area contributed by atoms with Gasteiger partial charge in [0.15, 0.2) is 5.69 Å². The van der Waals surface area contributed by atoms with E-state index >= 15 is 0 Å². The molecule has 3 aromatic rings. The molecule has 0 saturated carbocycles. The number of hydrogen-bond donors (Lipinski definition) is 0. The van der Waals surface area contributed by atoms with Crippen LogP contribution in [0, 0.1) is 0 Å². The average Bonchev–Trinajstić information content (AvgIpc) is 3.50. The summed E-state index contributed by atoms with van der Waals surface area (Å²) in [6, 6.07) is 9.03. The average molecular weight is 458 g/mol. The maximum atomic E-state index is 12.0. The number of esters is 3. The quantitative estimate of drug-likeness (QED) is 0.298. The Balaban J connectivity index is 0.000000328. The molecule has 11 heteroatoms. The Kier molecular flexibility index (Phi) is 9.62. The zero-order chi connectivity index (χ0) is 24.2. The standard InChI is InChI=1S/C16H16N4O3.C6H10O4/c1-3-23-16(21)13-10-15(19-8-4-5-9-19)20(18-13)12-6-7-14(22-2)17-11-12;1-3-9-5(7)6(8)10-4-2/h4-11H,3H2,1-2H3;3-4H2,1-2H3. The first-order chi connectivity index (χ1) is 15.9. The number of methoxy groups -OCH3 is 1. The molecule has 3 heterocycles. The van der Waals surface area contributed by atoms with Crippen LogP contribution in [0.4, 0.5) is 0 Å². The first kappa shape index (κ1) is 25.1. The first-order valence-corrected chi connectivity index (χ1v) is 10.2. The van der Waals surface area contributed by atoms with Crippen molar-refractivity contribution in [2.45, 2.75) is 20.8 Å². The number of carbonyl (C=O) groups excluding carboxylic acids is 3. The molecule has 0 spiro atoms. The van der Waals surface area contributed by atoms with Gasteiger partial charge in [0.2, 0.25) is 5.88 Å². The van der Waals surface area contributed by atoms with Crippen molar-refractivity contribution in [1.29, 1.82) is 0 Å². The summed E-state index contributed by atoms with van der Waals surface area (Å²) < 4.78 is 22.3. The van der Waals surface area contributed by atoms with Gasteiger partial charge in [0, 0.05) is 24.5 Å². The molecule has 0 saturated heterocycles. The van der Waals surface area contributed by atoms with Gasteiger partial charge in [-0.05, 0) is 39.0 Å². The lowest BCUT2D eigenvalue weighted by Gasteiger charge is -2.08. The minimum atomic E-state index is -0.927. The summed E-state index contributed by atoms with van der Waals surface area (Å²) in [7, 11) is 1.56. The lowest BCUT2D eigenvalue weighted by molar-refractivity contribution is -0.167. The van der Waals surface area contributed by atoms with Crippen LogP contribution >= 0.6 is 0 Å². The van der Waals surface area contributed by atoms with Crippen LogP contribution in [-0.2, 0) is 23.8 Å². The Morgan fingerprint density at radius 3 is 2.00 bits per heavy atom. The summed E-state index contributed by atoms with van der Waals surface area (Å²) in [6.07, 6.45) is 5.38. The SMILES string of the molecule is CCOC(=O)C(=O)OCC.CCOC(=O)c1cc(-n2cccc2)n(-c2ccc(OC)nc2)n1. The Morgan fingerprint density at radius 2 is 1.52 bits per heavy atom. The number of rotatable bonds is 7. The lowest BCUT2D eigenvalue weighted by atomic mass is 10.4. The predicted molar refractivity (Wildman–Crippen MR) is 116 cm³/mol. The summed E-state index contributed by atoms with van der Waals surface area (Å²) in [6.45, 7) is 5.69. The topological polar surface area (TPSA) is 124 Å². The van der Waals surface area contributed by atoms with Gasteiger partial charge in [-0.25, -0.2) is 24.0 Å². The Bertz CT molecular complexity index is 1030. The smallest absolute Gasteiger partial charge is 0.417 e. The third-order valence-electron chi connectivity index (χ3n) is 3.94. The van der Waals surface area contributed by atoms with Crippen molar-refractivity contribution >= 4 is 17.9 Å². The van der Waals surface area contributed by atoms with Crippen LogP contribution in [0.25, 0.3) is 11.5 Å². The molecular weight excluding hydrogens is 432 g/mol. The molecule has 0 aromatic carbocycles. The van der Waals surface area contributed by atoms with Crippen LogP contribution in [0.3, 0.4) is 0 Å². The van der Waals surface area contributed by atoms with Crippen LogP contribution in [0.15, 0.2) is 48.9 Å². The normalized spacial score (nSPS) is 9.94. The molecule has 11 nitrogen and oxygen atoms in total. The fourth-order valence-electron chi connectivity index (χ4n) is 2.54. The second kappa shape index (κ2) is 12.6. The van der Waals surface area contributed by atoms with Gasteiger partial charge < -0.3 is 23.5 Å².